The van der Waals surface area contributed by atoms with Crippen molar-refractivity contribution in [1.82, 2.24) is 15.0 Å². The van der Waals surface area contributed by atoms with Crippen molar-refractivity contribution in [1.29, 1.82) is 0 Å². The Hall–Kier alpha value is -2.99. The fourth-order valence-corrected chi connectivity index (χ4v) is 4.25. The Morgan fingerprint density at radius 2 is 1.84 bits per heavy atom. The molecule has 0 atom stereocenters. The minimum atomic E-state index is -0.145. The van der Waals surface area contributed by atoms with Gasteiger partial charge in [-0.15, -0.1) is 0 Å². The van der Waals surface area contributed by atoms with Gasteiger partial charge < -0.3 is 9.84 Å². The van der Waals surface area contributed by atoms with E-state index in [9.17, 15) is 4.79 Å². The van der Waals surface area contributed by atoms with Crippen LogP contribution in [0.2, 0.25) is 0 Å². The Labute approximate surface area is 182 Å². The summed E-state index contributed by atoms with van der Waals surface area (Å²) in [5, 5.41) is 7.10. The highest BCUT2D eigenvalue weighted by Crippen LogP contribution is 2.36. The Morgan fingerprint density at radius 3 is 2.58 bits per heavy atom. The molecule has 0 radical (unpaired) electrons. The molecule has 1 aliphatic carbocycles. The van der Waals surface area contributed by atoms with Crippen LogP contribution < -0.4 is 5.32 Å². The van der Waals surface area contributed by atoms with E-state index in [-0.39, 0.29) is 5.91 Å². The summed E-state index contributed by atoms with van der Waals surface area (Å²) in [7, 11) is 0. The maximum Gasteiger partial charge on any atom is 0.255 e. The number of hydrogen-bond donors (Lipinski definition) is 1. The molecule has 5 rings (SSSR count). The minimum Gasteiger partial charge on any atom is -0.339 e. The smallest absolute Gasteiger partial charge is 0.255 e. The topological polar surface area (TPSA) is 71.3 Å². The molecule has 1 aromatic heterocycles. The number of rotatable bonds is 6. The van der Waals surface area contributed by atoms with Crippen molar-refractivity contribution in [3.63, 3.8) is 0 Å². The van der Waals surface area contributed by atoms with Crippen LogP contribution in [0.15, 0.2) is 53.1 Å². The molecule has 1 aliphatic heterocycles. The molecule has 3 aromatic rings. The molecule has 6 nitrogen and oxygen atoms in total. The second kappa shape index (κ2) is 9.02. The van der Waals surface area contributed by atoms with Gasteiger partial charge in [-0.1, -0.05) is 42.3 Å². The SMILES string of the molecule is O=C(Nc1ccc(CN2CCCCC2)cc1)c1cccc(-c2noc(C3CCC3)n2)c1. The van der Waals surface area contributed by atoms with Crippen LogP contribution in [0.5, 0.6) is 0 Å². The van der Waals surface area contributed by atoms with Crippen LogP contribution >= 0.6 is 0 Å². The molecule has 0 bridgehead atoms. The summed E-state index contributed by atoms with van der Waals surface area (Å²) in [4.78, 5) is 19.8. The highest BCUT2D eigenvalue weighted by Gasteiger charge is 2.25. The first kappa shape index (κ1) is 19.9. The zero-order valence-corrected chi connectivity index (χ0v) is 17.7. The standard InChI is InChI=1S/C25H28N4O2/c30-24(26-22-12-10-18(11-13-22)17-29-14-2-1-3-15-29)21-9-5-8-20(16-21)23-27-25(31-28-23)19-6-4-7-19/h5,8-13,16,19H,1-4,6-7,14-15,17H2,(H,26,30). The van der Waals surface area contributed by atoms with E-state index in [1.165, 1.54) is 44.3 Å². The number of amides is 1. The molecule has 0 spiro atoms. The van der Waals surface area contributed by atoms with E-state index in [1.807, 2.05) is 30.3 Å². The highest BCUT2D eigenvalue weighted by atomic mass is 16.5. The molecule has 0 unspecified atom stereocenters. The summed E-state index contributed by atoms with van der Waals surface area (Å²) >= 11 is 0. The summed E-state index contributed by atoms with van der Waals surface area (Å²) in [6.07, 6.45) is 7.37. The summed E-state index contributed by atoms with van der Waals surface area (Å²) in [5.41, 5.74) is 3.44. The quantitative estimate of drug-likeness (QED) is 0.595. The Bertz CT molecular complexity index is 1030. The first-order valence-electron chi connectivity index (χ1n) is 11.3. The van der Waals surface area contributed by atoms with Crippen LogP contribution in [0, 0.1) is 0 Å². The second-order valence-electron chi connectivity index (χ2n) is 8.65. The normalized spacial score (nSPS) is 17.3. The highest BCUT2D eigenvalue weighted by molar-refractivity contribution is 6.04. The van der Waals surface area contributed by atoms with E-state index in [4.69, 9.17) is 4.52 Å². The van der Waals surface area contributed by atoms with Crippen molar-refractivity contribution in [3.8, 4) is 11.4 Å². The van der Waals surface area contributed by atoms with Gasteiger partial charge in [-0.05, 0) is 68.6 Å². The van der Waals surface area contributed by atoms with Gasteiger partial charge in [0.2, 0.25) is 11.7 Å². The van der Waals surface area contributed by atoms with Gasteiger partial charge in [0.15, 0.2) is 0 Å². The molecule has 6 heteroatoms. The summed E-state index contributed by atoms with van der Waals surface area (Å²) in [5.74, 6) is 1.50. The van der Waals surface area contributed by atoms with Gasteiger partial charge in [0.1, 0.15) is 0 Å². The maximum absolute atomic E-state index is 12.8. The Balaban J connectivity index is 1.23. The lowest BCUT2D eigenvalue weighted by Crippen LogP contribution is -2.29. The summed E-state index contributed by atoms with van der Waals surface area (Å²) in [6, 6.07) is 15.5. The number of anilines is 1. The van der Waals surface area contributed by atoms with Gasteiger partial charge in [0, 0.05) is 29.3 Å². The lowest BCUT2D eigenvalue weighted by Gasteiger charge is -2.26. The van der Waals surface area contributed by atoms with E-state index in [2.05, 4.69) is 32.5 Å². The van der Waals surface area contributed by atoms with E-state index < -0.39 is 0 Å². The Morgan fingerprint density at radius 1 is 1.03 bits per heavy atom. The van der Waals surface area contributed by atoms with Gasteiger partial charge in [-0.25, -0.2) is 0 Å². The number of piperidine rings is 1. The predicted octanol–water partition coefficient (Wildman–Crippen LogP) is 5.24. The first-order valence-corrected chi connectivity index (χ1v) is 11.3. The molecule has 1 amide bonds. The van der Waals surface area contributed by atoms with E-state index in [0.29, 0.717) is 23.2 Å². The molecule has 1 saturated heterocycles. The van der Waals surface area contributed by atoms with Gasteiger partial charge in [-0.3, -0.25) is 9.69 Å². The molecule has 160 valence electrons. The number of likely N-dealkylation sites (tertiary alicyclic amines) is 1. The summed E-state index contributed by atoms with van der Waals surface area (Å²) in [6.45, 7) is 3.33. The van der Waals surface area contributed by atoms with Crippen LogP contribution in [0.25, 0.3) is 11.4 Å². The van der Waals surface area contributed by atoms with Crippen LogP contribution in [-0.4, -0.2) is 34.0 Å². The fourth-order valence-electron chi connectivity index (χ4n) is 4.25. The molecule has 1 N–H and O–H groups in total. The third-order valence-corrected chi connectivity index (χ3v) is 6.35. The largest absolute Gasteiger partial charge is 0.339 e. The van der Waals surface area contributed by atoms with Crippen molar-refractivity contribution >= 4 is 11.6 Å². The lowest BCUT2D eigenvalue weighted by atomic mass is 9.85. The van der Waals surface area contributed by atoms with Crippen LogP contribution in [0.4, 0.5) is 5.69 Å². The number of carbonyl (C=O) groups is 1. The monoisotopic (exact) mass is 416 g/mol. The molecule has 2 heterocycles. The van der Waals surface area contributed by atoms with E-state index in [1.54, 1.807) is 6.07 Å². The molecule has 1 saturated carbocycles. The zero-order valence-electron chi connectivity index (χ0n) is 17.7. The van der Waals surface area contributed by atoms with Crippen molar-refractivity contribution < 1.29 is 9.32 Å². The Kier molecular flexibility index (Phi) is 5.80. The number of nitrogens with one attached hydrogen (secondary N) is 1. The maximum atomic E-state index is 12.8. The van der Waals surface area contributed by atoms with Gasteiger partial charge in [0.25, 0.3) is 5.91 Å². The zero-order chi connectivity index (χ0) is 21.0. The number of carbonyl (C=O) groups excluding carboxylic acids is 1. The van der Waals surface area contributed by atoms with Crippen LogP contribution in [-0.2, 0) is 6.54 Å². The van der Waals surface area contributed by atoms with Crippen molar-refractivity contribution in [2.75, 3.05) is 18.4 Å². The predicted molar refractivity (Wildman–Crippen MR) is 120 cm³/mol. The molecule has 2 fully saturated rings. The number of nitrogens with zero attached hydrogens (tertiary/aromatic N) is 3. The van der Waals surface area contributed by atoms with Crippen LogP contribution in [0.3, 0.4) is 0 Å². The number of aromatic nitrogens is 2. The molecule has 31 heavy (non-hydrogen) atoms. The third-order valence-electron chi connectivity index (χ3n) is 6.35. The average molecular weight is 417 g/mol. The van der Waals surface area contributed by atoms with Gasteiger partial charge in [-0.2, -0.15) is 4.98 Å². The second-order valence-corrected chi connectivity index (χ2v) is 8.65. The van der Waals surface area contributed by atoms with Crippen molar-refractivity contribution in [2.45, 2.75) is 51.0 Å². The number of benzene rings is 2. The van der Waals surface area contributed by atoms with Crippen LogP contribution in [0.1, 0.15) is 66.3 Å². The molecular weight excluding hydrogens is 388 g/mol. The van der Waals surface area contributed by atoms with Gasteiger partial charge in [0.05, 0.1) is 0 Å². The fraction of sp³-hybridized carbons (Fsp3) is 0.400. The molecule has 2 aliphatic rings. The minimum absolute atomic E-state index is 0.145. The molecular formula is C25H28N4O2. The number of hydrogen-bond acceptors (Lipinski definition) is 5. The van der Waals surface area contributed by atoms with Crippen molar-refractivity contribution in [2.24, 2.45) is 0 Å². The van der Waals surface area contributed by atoms with Crippen molar-refractivity contribution in [3.05, 3.63) is 65.5 Å². The van der Waals surface area contributed by atoms with E-state index in [0.717, 1.165) is 30.6 Å². The average Bonchev–Trinajstić information content (AvgIpc) is 3.24. The van der Waals surface area contributed by atoms with Gasteiger partial charge >= 0.3 is 0 Å². The lowest BCUT2D eigenvalue weighted by molar-refractivity contribution is 0.102. The summed E-state index contributed by atoms with van der Waals surface area (Å²) < 4.78 is 5.42. The first-order chi connectivity index (χ1) is 15.2. The van der Waals surface area contributed by atoms with E-state index >= 15 is 0 Å². The third kappa shape index (κ3) is 4.69. The molecule has 2 aromatic carbocycles.